The molecule has 0 amide bonds. The van der Waals surface area contributed by atoms with Crippen LogP contribution in [0.2, 0.25) is 0 Å². The zero-order chi connectivity index (χ0) is 19.5. The summed E-state index contributed by atoms with van der Waals surface area (Å²) < 4.78 is 18.9. The van der Waals surface area contributed by atoms with Crippen molar-refractivity contribution >= 4 is 5.69 Å². The molecular weight excluding hydrogens is 355 g/mol. The summed E-state index contributed by atoms with van der Waals surface area (Å²) in [6.45, 7) is 3.02. The lowest BCUT2D eigenvalue weighted by Crippen LogP contribution is -2.39. The summed E-state index contributed by atoms with van der Waals surface area (Å²) >= 11 is 0. The Morgan fingerprint density at radius 1 is 1.14 bits per heavy atom. The van der Waals surface area contributed by atoms with Gasteiger partial charge in [-0.25, -0.2) is 9.37 Å². The fourth-order valence-corrected chi connectivity index (χ4v) is 3.50. The minimum atomic E-state index is -0.240. The van der Waals surface area contributed by atoms with Crippen LogP contribution in [0.1, 0.15) is 17.4 Å². The molecule has 0 saturated carbocycles. The third-order valence-electron chi connectivity index (χ3n) is 5.14. The molecule has 3 aromatic rings. The van der Waals surface area contributed by atoms with Crippen LogP contribution in [0.5, 0.6) is 0 Å². The first-order valence-electron chi connectivity index (χ1n) is 9.49. The zero-order valence-electron chi connectivity index (χ0n) is 16.2. The van der Waals surface area contributed by atoms with Crippen LogP contribution in [0.3, 0.4) is 0 Å². The van der Waals surface area contributed by atoms with Gasteiger partial charge in [0, 0.05) is 32.9 Å². The van der Waals surface area contributed by atoms with Crippen molar-refractivity contribution in [2.75, 3.05) is 38.8 Å². The number of nitrogens with zero attached hydrogens (tertiary/aromatic N) is 3. The third-order valence-corrected chi connectivity index (χ3v) is 5.14. The van der Waals surface area contributed by atoms with Gasteiger partial charge in [-0.05, 0) is 47.5 Å². The fraction of sp³-hybridized carbons (Fsp3) is 0.318. The van der Waals surface area contributed by atoms with E-state index in [2.05, 4.69) is 44.0 Å². The lowest BCUT2D eigenvalue weighted by molar-refractivity contribution is -0.0156. The molecular formula is C22H25FN4O. The van der Waals surface area contributed by atoms with Crippen LogP contribution in [-0.4, -0.2) is 48.7 Å². The Bertz CT molecular complexity index is 905. The second-order valence-corrected chi connectivity index (χ2v) is 7.31. The quantitative estimate of drug-likeness (QED) is 0.730. The number of anilines is 1. The molecule has 1 fully saturated rings. The van der Waals surface area contributed by atoms with Crippen molar-refractivity contribution in [1.29, 1.82) is 0 Å². The Morgan fingerprint density at radius 3 is 2.61 bits per heavy atom. The summed E-state index contributed by atoms with van der Waals surface area (Å²) in [4.78, 5) is 12.5. The van der Waals surface area contributed by atoms with E-state index in [4.69, 9.17) is 4.74 Å². The van der Waals surface area contributed by atoms with Gasteiger partial charge in [-0.3, -0.25) is 4.90 Å². The van der Waals surface area contributed by atoms with Crippen molar-refractivity contribution < 1.29 is 9.13 Å². The normalized spacial score (nSPS) is 17.6. The molecule has 2 aromatic carbocycles. The Balaban J connectivity index is 1.51. The average Bonchev–Trinajstić information content (AvgIpc) is 3.19. The molecule has 1 N–H and O–H groups in total. The molecule has 1 aliphatic rings. The summed E-state index contributed by atoms with van der Waals surface area (Å²) in [5, 5.41) is 0. The molecule has 0 spiro atoms. The van der Waals surface area contributed by atoms with E-state index in [-0.39, 0.29) is 11.9 Å². The molecule has 5 nitrogen and oxygen atoms in total. The lowest BCUT2D eigenvalue weighted by atomic mass is 10.1. The van der Waals surface area contributed by atoms with Crippen molar-refractivity contribution in [3.63, 3.8) is 0 Å². The van der Waals surface area contributed by atoms with Crippen molar-refractivity contribution in [3.05, 3.63) is 71.9 Å². The summed E-state index contributed by atoms with van der Waals surface area (Å²) in [6, 6.07) is 15.1. The van der Waals surface area contributed by atoms with E-state index in [1.807, 2.05) is 14.1 Å². The number of benzene rings is 2. The SMILES string of the molecule is CN(C)c1ccc(CN2CCOC[C@H]2c2ncc(-c3ccc(F)cc3)[nH]2)cc1. The molecule has 1 atom stereocenters. The zero-order valence-corrected chi connectivity index (χ0v) is 16.2. The highest BCUT2D eigenvalue weighted by Crippen LogP contribution is 2.27. The number of ether oxygens (including phenoxy) is 1. The largest absolute Gasteiger partial charge is 0.378 e. The number of hydrogen-bond acceptors (Lipinski definition) is 4. The van der Waals surface area contributed by atoms with Gasteiger partial charge in [-0.15, -0.1) is 0 Å². The molecule has 0 aliphatic carbocycles. The Morgan fingerprint density at radius 2 is 1.89 bits per heavy atom. The van der Waals surface area contributed by atoms with Crippen LogP contribution in [0, 0.1) is 5.82 Å². The number of rotatable bonds is 5. The second kappa shape index (κ2) is 8.12. The van der Waals surface area contributed by atoms with Gasteiger partial charge in [0.05, 0.1) is 31.1 Å². The maximum Gasteiger partial charge on any atom is 0.126 e. The van der Waals surface area contributed by atoms with Crippen LogP contribution >= 0.6 is 0 Å². The Kier molecular flexibility index (Phi) is 5.41. The monoisotopic (exact) mass is 380 g/mol. The molecule has 1 aromatic heterocycles. The Labute approximate surface area is 164 Å². The molecule has 1 saturated heterocycles. The number of imidazole rings is 1. The summed E-state index contributed by atoms with van der Waals surface area (Å²) in [7, 11) is 4.09. The number of aromatic amines is 1. The highest BCUT2D eigenvalue weighted by Gasteiger charge is 2.27. The van der Waals surface area contributed by atoms with E-state index in [0.29, 0.717) is 6.61 Å². The fourth-order valence-electron chi connectivity index (χ4n) is 3.50. The van der Waals surface area contributed by atoms with E-state index in [0.717, 1.165) is 36.8 Å². The maximum absolute atomic E-state index is 13.2. The van der Waals surface area contributed by atoms with E-state index in [1.54, 1.807) is 18.3 Å². The van der Waals surface area contributed by atoms with Crippen molar-refractivity contribution in [2.24, 2.45) is 0 Å². The lowest BCUT2D eigenvalue weighted by Gasteiger charge is -2.34. The first-order valence-corrected chi connectivity index (χ1v) is 9.49. The van der Waals surface area contributed by atoms with E-state index < -0.39 is 0 Å². The highest BCUT2D eigenvalue weighted by molar-refractivity contribution is 5.58. The Hall–Kier alpha value is -2.70. The van der Waals surface area contributed by atoms with Gasteiger partial charge in [0.25, 0.3) is 0 Å². The number of H-pyrrole nitrogens is 1. The van der Waals surface area contributed by atoms with Crippen LogP contribution < -0.4 is 4.90 Å². The van der Waals surface area contributed by atoms with Gasteiger partial charge in [0.15, 0.2) is 0 Å². The van der Waals surface area contributed by atoms with Gasteiger partial charge >= 0.3 is 0 Å². The van der Waals surface area contributed by atoms with Crippen LogP contribution in [-0.2, 0) is 11.3 Å². The molecule has 1 aliphatic heterocycles. The van der Waals surface area contributed by atoms with E-state index in [9.17, 15) is 4.39 Å². The predicted molar refractivity (Wildman–Crippen MR) is 109 cm³/mol. The van der Waals surface area contributed by atoms with E-state index in [1.165, 1.54) is 23.4 Å². The predicted octanol–water partition coefficient (Wildman–Crippen LogP) is 3.86. The first kappa shape index (κ1) is 18.7. The molecule has 0 unspecified atom stereocenters. The molecule has 28 heavy (non-hydrogen) atoms. The van der Waals surface area contributed by atoms with Crippen molar-refractivity contribution in [1.82, 2.24) is 14.9 Å². The topological polar surface area (TPSA) is 44.4 Å². The smallest absolute Gasteiger partial charge is 0.126 e. The van der Waals surface area contributed by atoms with Gasteiger partial charge in [-0.2, -0.15) is 0 Å². The van der Waals surface area contributed by atoms with E-state index >= 15 is 0 Å². The third kappa shape index (κ3) is 4.08. The first-order chi connectivity index (χ1) is 13.6. The number of morpholine rings is 1. The van der Waals surface area contributed by atoms with Gasteiger partial charge < -0.3 is 14.6 Å². The molecule has 4 rings (SSSR count). The number of aromatic nitrogens is 2. The summed E-state index contributed by atoms with van der Waals surface area (Å²) in [5.41, 5.74) is 4.26. The molecule has 0 bridgehead atoms. The number of hydrogen-bond donors (Lipinski definition) is 1. The van der Waals surface area contributed by atoms with Crippen LogP contribution in [0.4, 0.5) is 10.1 Å². The minimum Gasteiger partial charge on any atom is -0.378 e. The van der Waals surface area contributed by atoms with Crippen LogP contribution in [0.15, 0.2) is 54.7 Å². The maximum atomic E-state index is 13.2. The van der Waals surface area contributed by atoms with Crippen LogP contribution in [0.25, 0.3) is 11.3 Å². The van der Waals surface area contributed by atoms with Crippen molar-refractivity contribution in [3.8, 4) is 11.3 Å². The molecule has 0 radical (unpaired) electrons. The number of nitrogens with one attached hydrogen (secondary N) is 1. The average molecular weight is 380 g/mol. The minimum absolute atomic E-state index is 0.0662. The molecule has 2 heterocycles. The molecule has 6 heteroatoms. The van der Waals surface area contributed by atoms with Gasteiger partial charge in [0.2, 0.25) is 0 Å². The van der Waals surface area contributed by atoms with Crippen molar-refractivity contribution in [2.45, 2.75) is 12.6 Å². The standard InChI is InChI=1S/C22H25FN4O/c1-26(2)19-9-3-16(4-10-19)14-27-11-12-28-15-21(27)22-24-13-20(25-22)17-5-7-18(23)8-6-17/h3-10,13,21H,11-12,14-15H2,1-2H3,(H,24,25)/t21-/m0/s1. The second-order valence-electron chi connectivity index (χ2n) is 7.31. The van der Waals surface area contributed by atoms with Gasteiger partial charge in [-0.1, -0.05) is 12.1 Å². The molecule has 146 valence electrons. The highest BCUT2D eigenvalue weighted by atomic mass is 19.1. The summed E-state index contributed by atoms with van der Waals surface area (Å²) in [6.07, 6.45) is 1.81. The summed E-state index contributed by atoms with van der Waals surface area (Å²) in [5.74, 6) is 0.638. The van der Waals surface area contributed by atoms with Gasteiger partial charge in [0.1, 0.15) is 11.6 Å². The number of halogens is 1.